The highest BCUT2D eigenvalue weighted by Gasteiger charge is 2.16. The molecule has 1 fully saturated rings. The number of imidazole rings is 1. The van der Waals surface area contributed by atoms with Crippen LogP contribution in [0.2, 0.25) is 0 Å². The van der Waals surface area contributed by atoms with Crippen LogP contribution in [0.25, 0.3) is 5.65 Å². The van der Waals surface area contributed by atoms with Crippen molar-refractivity contribution in [2.75, 3.05) is 0 Å². The van der Waals surface area contributed by atoms with Crippen molar-refractivity contribution in [3.63, 3.8) is 0 Å². The Morgan fingerprint density at radius 1 is 1.44 bits per heavy atom. The lowest BCUT2D eigenvalue weighted by Crippen LogP contribution is -2.34. The minimum atomic E-state index is -0.917. The number of hydrogen-bond acceptors (Lipinski definition) is 3. The van der Waals surface area contributed by atoms with Crippen LogP contribution in [0.4, 0.5) is 0 Å². The Kier molecular flexibility index (Phi) is 2.76. The van der Waals surface area contributed by atoms with Gasteiger partial charge in [0.2, 0.25) is 0 Å². The molecule has 2 aromatic heterocycles. The average Bonchev–Trinajstić information content (AvgIpc) is 2.68. The number of pyridine rings is 1. The lowest BCUT2D eigenvalue weighted by Gasteiger charge is -2.26. The fourth-order valence-electron chi connectivity index (χ4n) is 2.12. The summed E-state index contributed by atoms with van der Waals surface area (Å²) in [6.45, 7) is 0.745. The second kappa shape index (κ2) is 4.42. The molecule has 0 unspecified atom stereocenters. The van der Waals surface area contributed by atoms with Crippen molar-refractivity contribution < 1.29 is 9.90 Å². The fraction of sp³-hybridized carbons (Fsp3) is 0.385. The van der Waals surface area contributed by atoms with Crippen LogP contribution >= 0.6 is 0 Å². The second-order valence-electron chi connectivity index (χ2n) is 4.73. The summed E-state index contributed by atoms with van der Waals surface area (Å²) >= 11 is 0. The lowest BCUT2D eigenvalue weighted by molar-refractivity contribution is 0.0696. The highest BCUT2D eigenvalue weighted by Crippen LogP contribution is 2.18. The van der Waals surface area contributed by atoms with E-state index in [0.29, 0.717) is 6.04 Å². The quantitative estimate of drug-likeness (QED) is 0.860. The van der Waals surface area contributed by atoms with E-state index >= 15 is 0 Å². The molecule has 0 spiro atoms. The third kappa shape index (κ3) is 2.09. The van der Waals surface area contributed by atoms with Crippen LogP contribution in [0.3, 0.4) is 0 Å². The number of carbonyl (C=O) groups is 1. The zero-order valence-electron chi connectivity index (χ0n) is 9.97. The number of nitrogens with one attached hydrogen (secondary N) is 1. The lowest BCUT2D eigenvalue weighted by atomic mass is 9.93. The first-order valence-electron chi connectivity index (χ1n) is 6.17. The largest absolute Gasteiger partial charge is 0.478 e. The Hall–Kier alpha value is -1.88. The first kappa shape index (κ1) is 11.2. The Balaban J connectivity index is 1.79. The van der Waals surface area contributed by atoms with Gasteiger partial charge in [0.15, 0.2) is 0 Å². The highest BCUT2D eigenvalue weighted by molar-refractivity contribution is 5.87. The van der Waals surface area contributed by atoms with Crippen LogP contribution in [-0.2, 0) is 6.54 Å². The number of carboxylic acids is 1. The molecule has 0 bridgehead atoms. The van der Waals surface area contributed by atoms with Crippen LogP contribution < -0.4 is 5.32 Å². The fourth-order valence-corrected chi connectivity index (χ4v) is 2.12. The molecule has 0 aliphatic heterocycles. The van der Waals surface area contributed by atoms with Gasteiger partial charge in [-0.25, -0.2) is 9.78 Å². The van der Waals surface area contributed by atoms with Gasteiger partial charge in [-0.15, -0.1) is 0 Å². The van der Waals surface area contributed by atoms with E-state index in [2.05, 4.69) is 10.3 Å². The van der Waals surface area contributed by atoms with Crippen molar-refractivity contribution in [2.24, 2.45) is 0 Å². The van der Waals surface area contributed by atoms with Crippen LogP contribution in [0.1, 0.15) is 35.3 Å². The van der Waals surface area contributed by atoms with Crippen molar-refractivity contribution in [1.82, 2.24) is 14.7 Å². The number of aromatic nitrogens is 2. The first-order valence-corrected chi connectivity index (χ1v) is 6.17. The summed E-state index contributed by atoms with van der Waals surface area (Å²) < 4.78 is 1.77. The summed E-state index contributed by atoms with van der Waals surface area (Å²) in [5.41, 5.74) is 2.01. The van der Waals surface area contributed by atoms with Crippen molar-refractivity contribution >= 4 is 11.6 Å². The molecule has 0 atom stereocenters. The molecule has 1 aliphatic rings. The van der Waals surface area contributed by atoms with Gasteiger partial charge in [-0.05, 0) is 25.0 Å². The zero-order chi connectivity index (χ0) is 12.5. The van der Waals surface area contributed by atoms with Gasteiger partial charge in [-0.2, -0.15) is 0 Å². The predicted molar refractivity (Wildman–Crippen MR) is 66.6 cm³/mol. The van der Waals surface area contributed by atoms with Gasteiger partial charge in [0.05, 0.1) is 11.3 Å². The van der Waals surface area contributed by atoms with Crippen LogP contribution in [0.15, 0.2) is 24.5 Å². The molecule has 1 saturated carbocycles. The molecule has 94 valence electrons. The molecule has 2 heterocycles. The number of aromatic carboxylic acids is 1. The molecule has 1 aliphatic carbocycles. The summed E-state index contributed by atoms with van der Waals surface area (Å²) in [6, 6.07) is 3.94. The van der Waals surface area contributed by atoms with E-state index in [0.717, 1.165) is 17.9 Å². The minimum Gasteiger partial charge on any atom is -0.478 e. The Bertz CT molecular complexity index is 587. The second-order valence-corrected chi connectivity index (χ2v) is 4.73. The van der Waals surface area contributed by atoms with Crippen molar-refractivity contribution in [3.8, 4) is 0 Å². The topological polar surface area (TPSA) is 66.6 Å². The number of fused-ring (bicyclic) bond motifs is 1. The standard InChI is InChI=1S/C13H15N3O2/c17-13(18)9-4-5-12-15-11(8-16(12)7-9)6-14-10-2-1-3-10/h4-5,7-8,10,14H,1-3,6H2,(H,17,18). The van der Waals surface area contributed by atoms with Gasteiger partial charge in [-0.3, -0.25) is 0 Å². The molecule has 5 heteroatoms. The molecular weight excluding hydrogens is 230 g/mol. The van der Waals surface area contributed by atoms with Gasteiger partial charge in [0.25, 0.3) is 0 Å². The van der Waals surface area contributed by atoms with E-state index in [4.69, 9.17) is 5.11 Å². The first-order chi connectivity index (χ1) is 8.72. The molecule has 5 nitrogen and oxygen atoms in total. The third-order valence-electron chi connectivity index (χ3n) is 3.42. The van der Waals surface area contributed by atoms with E-state index in [9.17, 15) is 4.79 Å². The smallest absolute Gasteiger partial charge is 0.337 e. The van der Waals surface area contributed by atoms with Gasteiger partial charge in [0.1, 0.15) is 5.65 Å². The SMILES string of the molecule is O=C(O)c1ccc2nc(CNC3CCC3)cn2c1. The Morgan fingerprint density at radius 2 is 2.28 bits per heavy atom. The molecule has 3 rings (SSSR count). The van der Waals surface area contributed by atoms with E-state index in [1.54, 1.807) is 22.7 Å². The van der Waals surface area contributed by atoms with Crippen LogP contribution in [0.5, 0.6) is 0 Å². The van der Waals surface area contributed by atoms with Gasteiger partial charge >= 0.3 is 5.97 Å². The van der Waals surface area contributed by atoms with Crippen molar-refractivity contribution in [1.29, 1.82) is 0 Å². The maximum Gasteiger partial charge on any atom is 0.337 e. The van der Waals surface area contributed by atoms with Gasteiger partial charge < -0.3 is 14.8 Å². The van der Waals surface area contributed by atoms with Gasteiger partial charge in [-0.1, -0.05) is 6.42 Å². The van der Waals surface area contributed by atoms with E-state index < -0.39 is 5.97 Å². The molecule has 0 radical (unpaired) electrons. The third-order valence-corrected chi connectivity index (χ3v) is 3.42. The van der Waals surface area contributed by atoms with E-state index in [1.807, 2.05) is 6.20 Å². The summed E-state index contributed by atoms with van der Waals surface area (Å²) in [5, 5.41) is 12.4. The molecule has 0 saturated heterocycles. The average molecular weight is 245 g/mol. The number of nitrogens with zero attached hydrogens (tertiary/aromatic N) is 2. The predicted octanol–water partition coefficient (Wildman–Crippen LogP) is 1.67. The summed E-state index contributed by atoms with van der Waals surface area (Å²) in [7, 11) is 0. The Labute approximate surface area is 104 Å². The van der Waals surface area contributed by atoms with Gasteiger partial charge in [0, 0.05) is 25.0 Å². The zero-order valence-corrected chi connectivity index (χ0v) is 9.97. The maximum absolute atomic E-state index is 10.9. The summed E-state index contributed by atoms with van der Waals surface area (Å²) in [6.07, 6.45) is 7.28. The van der Waals surface area contributed by atoms with Crippen molar-refractivity contribution in [3.05, 3.63) is 35.8 Å². The molecule has 2 N–H and O–H groups in total. The molecule has 18 heavy (non-hydrogen) atoms. The summed E-state index contributed by atoms with van der Waals surface area (Å²) in [4.78, 5) is 15.3. The van der Waals surface area contributed by atoms with E-state index in [-0.39, 0.29) is 5.56 Å². The van der Waals surface area contributed by atoms with Crippen LogP contribution in [0, 0.1) is 0 Å². The minimum absolute atomic E-state index is 0.276. The molecule has 0 amide bonds. The number of hydrogen-bond donors (Lipinski definition) is 2. The molecular formula is C13H15N3O2. The Morgan fingerprint density at radius 3 is 2.94 bits per heavy atom. The number of carboxylic acid groups (broad SMARTS) is 1. The summed E-state index contributed by atoms with van der Waals surface area (Å²) in [5.74, 6) is -0.917. The molecule has 0 aromatic carbocycles. The van der Waals surface area contributed by atoms with Crippen LogP contribution in [-0.4, -0.2) is 26.5 Å². The monoisotopic (exact) mass is 245 g/mol. The molecule has 2 aromatic rings. The van der Waals surface area contributed by atoms with E-state index in [1.165, 1.54) is 19.3 Å². The number of rotatable bonds is 4. The normalized spacial score (nSPS) is 15.8. The highest BCUT2D eigenvalue weighted by atomic mass is 16.4. The maximum atomic E-state index is 10.9. The van der Waals surface area contributed by atoms with Crippen molar-refractivity contribution in [2.45, 2.75) is 31.8 Å².